The van der Waals surface area contributed by atoms with Crippen molar-refractivity contribution in [3.05, 3.63) is 35.1 Å². The van der Waals surface area contributed by atoms with E-state index in [1.165, 1.54) is 25.7 Å². The first-order chi connectivity index (χ1) is 10.1. The molecule has 0 aliphatic heterocycles. The predicted octanol–water partition coefficient (Wildman–Crippen LogP) is 5.88. The molecule has 0 aromatic heterocycles. The second kappa shape index (κ2) is 7.75. The van der Waals surface area contributed by atoms with Crippen molar-refractivity contribution in [2.75, 3.05) is 0 Å². The summed E-state index contributed by atoms with van der Waals surface area (Å²) in [4.78, 5) is 10.7. The molecular formula is C17H22F4O. The number of benzene rings is 1. The lowest BCUT2D eigenvalue weighted by Crippen LogP contribution is -2.09. The molecule has 5 heteroatoms. The van der Waals surface area contributed by atoms with Gasteiger partial charge >= 0.3 is 6.18 Å². The van der Waals surface area contributed by atoms with E-state index in [9.17, 15) is 22.4 Å². The first kappa shape index (κ1) is 18.7. The minimum absolute atomic E-state index is 0.0736. The fourth-order valence-corrected chi connectivity index (χ4v) is 2.39. The van der Waals surface area contributed by atoms with Crippen molar-refractivity contribution in [3.8, 4) is 0 Å². The Morgan fingerprint density at radius 1 is 1.05 bits per heavy atom. The Morgan fingerprint density at radius 2 is 1.50 bits per heavy atom. The quantitative estimate of drug-likeness (QED) is 0.467. The third-order valence-electron chi connectivity index (χ3n) is 3.99. The summed E-state index contributed by atoms with van der Waals surface area (Å²) in [7, 11) is 0. The molecule has 0 N–H and O–H groups in total. The zero-order valence-corrected chi connectivity index (χ0v) is 13.1. The van der Waals surface area contributed by atoms with Gasteiger partial charge in [-0.1, -0.05) is 45.6 Å². The highest BCUT2D eigenvalue weighted by atomic mass is 19.4. The molecule has 1 saturated carbocycles. The van der Waals surface area contributed by atoms with Crippen molar-refractivity contribution < 1.29 is 22.4 Å². The molecular weight excluding hydrogens is 296 g/mol. The van der Waals surface area contributed by atoms with Crippen molar-refractivity contribution >= 4 is 5.78 Å². The Morgan fingerprint density at radius 3 is 1.82 bits per heavy atom. The molecule has 0 atom stereocenters. The maximum Gasteiger partial charge on any atom is 0.419 e. The van der Waals surface area contributed by atoms with E-state index in [4.69, 9.17) is 0 Å². The lowest BCUT2D eigenvalue weighted by Gasteiger charge is -2.22. The Kier molecular flexibility index (Phi) is 6.57. The van der Waals surface area contributed by atoms with Crippen LogP contribution in [0.3, 0.4) is 0 Å². The van der Waals surface area contributed by atoms with E-state index in [2.05, 4.69) is 13.8 Å². The number of halogens is 4. The van der Waals surface area contributed by atoms with Gasteiger partial charge in [-0.2, -0.15) is 13.2 Å². The van der Waals surface area contributed by atoms with Gasteiger partial charge in [-0.3, -0.25) is 4.79 Å². The van der Waals surface area contributed by atoms with Gasteiger partial charge in [-0.25, -0.2) is 4.39 Å². The SMILES string of the molecule is CC(=O)c1ccc(C(F)(F)F)c(F)c1.CC1CCC(C)CC1. The van der Waals surface area contributed by atoms with Crippen LogP contribution in [0.1, 0.15) is 62.4 Å². The topological polar surface area (TPSA) is 17.1 Å². The highest BCUT2D eigenvalue weighted by molar-refractivity contribution is 5.94. The third kappa shape index (κ3) is 5.78. The molecule has 0 unspecified atom stereocenters. The number of rotatable bonds is 1. The van der Waals surface area contributed by atoms with Crippen LogP contribution in [-0.2, 0) is 6.18 Å². The maximum absolute atomic E-state index is 12.8. The van der Waals surface area contributed by atoms with E-state index in [-0.39, 0.29) is 5.56 Å². The van der Waals surface area contributed by atoms with Crippen molar-refractivity contribution in [1.82, 2.24) is 0 Å². The standard InChI is InChI=1S/C9H6F4O.C8H16/c1-5(14)6-2-3-7(8(10)4-6)9(11,12)13;1-7-3-5-8(2)6-4-7/h2-4H,1H3;7-8H,3-6H2,1-2H3. The van der Waals surface area contributed by atoms with Crippen molar-refractivity contribution in [1.29, 1.82) is 0 Å². The third-order valence-corrected chi connectivity index (χ3v) is 3.99. The summed E-state index contributed by atoms with van der Waals surface area (Å²) in [6.45, 7) is 5.89. The summed E-state index contributed by atoms with van der Waals surface area (Å²) in [5.74, 6) is 0.139. The van der Waals surface area contributed by atoms with Crippen LogP contribution in [0.5, 0.6) is 0 Å². The van der Waals surface area contributed by atoms with E-state index in [0.29, 0.717) is 12.1 Å². The first-order valence-electron chi connectivity index (χ1n) is 7.49. The van der Waals surface area contributed by atoms with Gasteiger partial charge in [-0.05, 0) is 30.9 Å². The zero-order valence-electron chi connectivity index (χ0n) is 13.1. The zero-order chi connectivity index (χ0) is 16.9. The van der Waals surface area contributed by atoms with Crippen LogP contribution in [0.4, 0.5) is 17.6 Å². The smallest absolute Gasteiger partial charge is 0.295 e. The number of Topliss-reactive ketones (excluding diaryl/α,β-unsaturated/α-hetero) is 1. The average Bonchev–Trinajstić information content (AvgIpc) is 2.41. The Hall–Kier alpha value is -1.39. The molecule has 1 nitrogen and oxygen atoms in total. The van der Waals surface area contributed by atoms with Gasteiger partial charge in [-0.15, -0.1) is 0 Å². The van der Waals surface area contributed by atoms with Crippen molar-refractivity contribution in [2.45, 2.75) is 52.6 Å². The van der Waals surface area contributed by atoms with Gasteiger partial charge in [0.2, 0.25) is 0 Å². The summed E-state index contributed by atoms with van der Waals surface area (Å²) in [5.41, 5.74) is -1.43. The van der Waals surface area contributed by atoms with Gasteiger partial charge in [0.25, 0.3) is 0 Å². The van der Waals surface area contributed by atoms with Crippen LogP contribution in [0, 0.1) is 17.7 Å². The number of hydrogen-bond acceptors (Lipinski definition) is 1. The summed E-state index contributed by atoms with van der Waals surface area (Å²) in [6.07, 6.45) is 1.17. The lowest BCUT2D eigenvalue weighted by molar-refractivity contribution is -0.140. The van der Waals surface area contributed by atoms with E-state index >= 15 is 0 Å². The van der Waals surface area contributed by atoms with Gasteiger partial charge in [0.1, 0.15) is 5.82 Å². The summed E-state index contributed by atoms with van der Waals surface area (Å²) in [5, 5.41) is 0. The molecule has 0 heterocycles. The van der Waals surface area contributed by atoms with E-state index in [0.717, 1.165) is 24.8 Å². The van der Waals surface area contributed by atoms with E-state index < -0.39 is 23.3 Å². The van der Waals surface area contributed by atoms with Gasteiger partial charge in [0.05, 0.1) is 5.56 Å². The Labute approximate surface area is 128 Å². The van der Waals surface area contributed by atoms with Crippen LogP contribution < -0.4 is 0 Å². The van der Waals surface area contributed by atoms with Crippen LogP contribution in [0.25, 0.3) is 0 Å². The van der Waals surface area contributed by atoms with Gasteiger partial charge in [0.15, 0.2) is 5.78 Å². The molecule has 1 aliphatic carbocycles. The summed E-state index contributed by atoms with van der Waals surface area (Å²) in [6, 6.07) is 2.10. The number of ketones is 1. The van der Waals surface area contributed by atoms with Gasteiger partial charge < -0.3 is 0 Å². The molecule has 1 aromatic carbocycles. The monoisotopic (exact) mass is 318 g/mol. The Balaban J connectivity index is 0.000000255. The largest absolute Gasteiger partial charge is 0.419 e. The number of carbonyl (C=O) groups excluding carboxylic acids is 1. The molecule has 0 bridgehead atoms. The molecule has 1 aromatic rings. The molecule has 2 rings (SSSR count). The van der Waals surface area contributed by atoms with E-state index in [1.54, 1.807) is 0 Å². The fraction of sp³-hybridized carbons (Fsp3) is 0.588. The molecule has 0 spiro atoms. The summed E-state index contributed by atoms with van der Waals surface area (Å²) >= 11 is 0. The molecule has 1 aliphatic rings. The number of carbonyl (C=O) groups is 1. The predicted molar refractivity (Wildman–Crippen MR) is 78.2 cm³/mol. The second-order valence-corrected chi connectivity index (χ2v) is 6.11. The average molecular weight is 318 g/mol. The first-order valence-corrected chi connectivity index (χ1v) is 7.49. The van der Waals surface area contributed by atoms with Crippen LogP contribution in [0.15, 0.2) is 18.2 Å². The highest BCUT2D eigenvalue weighted by Gasteiger charge is 2.34. The van der Waals surface area contributed by atoms with E-state index in [1.807, 2.05) is 0 Å². The molecule has 1 fully saturated rings. The van der Waals surface area contributed by atoms with Crippen LogP contribution in [0.2, 0.25) is 0 Å². The molecule has 22 heavy (non-hydrogen) atoms. The lowest BCUT2D eigenvalue weighted by atomic mass is 9.84. The van der Waals surface area contributed by atoms with Crippen molar-refractivity contribution in [2.24, 2.45) is 11.8 Å². The van der Waals surface area contributed by atoms with Crippen molar-refractivity contribution in [3.63, 3.8) is 0 Å². The number of alkyl halides is 3. The van der Waals surface area contributed by atoms with Gasteiger partial charge in [0, 0.05) is 5.56 Å². The number of hydrogen-bond donors (Lipinski definition) is 0. The minimum Gasteiger partial charge on any atom is -0.295 e. The summed E-state index contributed by atoms with van der Waals surface area (Å²) < 4.78 is 49.0. The van der Waals surface area contributed by atoms with Crippen LogP contribution in [-0.4, -0.2) is 5.78 Å². The molecule has 0 radical (unpaired) electrons. The molecule has 124 valence electrons. The van der Waals surface area contributed by atoms with Crippen LogP contribution >= 0.6 is 0 Å². The molecule has 0 amide bonds. The minimum atomic E-state index is -4.72. The second-order valence-electron chi connectivity index (χ2n) is 6.11. The maximum atomic E-state index is 12.8. The Bertz CT molecular complexity index is 490. The highest BCUT2D eigenvalue weighted by Crippen LogP contribution is 2.31. The molecule has 0 saturated heterocycles. The normalized spacial score (nSPS) is 21.8. The fourth-order valence-electron chi connectivity index (χ4n) is 2.39.